The average molecular weight is 525 g/mol. The van der Waals surface area contributed by atoms with Gasteiger partial charge in [-0.1, -0.05) is 6.92 Å². The fourth-order valence-electron chi connectivity index (χ4n) is 5.17. The molecule has 3 heterocycles. The zero-order valence-corrected chi connectivity index (χ0v) is 22.5. The van der Waals surface area contributed by atoms with Crippen LogP contribution in [0.15, 0.2) is 0 Å². The Labute approximate surface area is 241 Å². The van der Waals surface area contributed by atoms with Crippen molar-refractivity contribution in [2.75, 3.05) is 52.9 Å². The molecule has 0 amide bonds. The molecule has 3 aliphatic heterocycles. The van der Waals surface area contributed by atoms with Crippen LogP contribution in [0.25, 0.3) is 0 Å². The number of esters is 1. The van der Waals surface area contributed by atoms with E-state index in [0.29, 0.717) is 19.8 Å². The molecule has 8 nitrogen and oxygen atoms in total. The topological polar surface area (TPSA) is 92.7 Å². The van der Waals surface area contributed by atoms with Crippen molar-refractivity contribution < 1.29 is 58.6 Å². The summed E-state index contributed by atoms with van der Waals surface area (Å²) in [6.07, 6.45) is 9.59. The van der Waals surface area contributed by atoms with Crippen LogP contribution in [0.5, 0.6) is 0 Å². The standard InChI is InChI=1S/C12H20O4.C10H18O3.C4H8O.Al.Li.4H/c1-3-14-10(13)11(2)4-6-12(7-5-11)15-8-9-16-12;1-9(8-11)2-4-10(5-3-9)12-6-7-13-10;1-2-4-5-3-1;;;;;;/h3-9H2,1-2H3;11H,2-8H2,1H3;1-4H2;;;;;;/q;;;;+1;;;;-1. The number of carbonyl (C=O) groups excluding carboxylic acids is 1. The molecule has 0 unspecified atom stereocenters. The van der Waals surface area contributed by atoms with Crippen LogP contribution in [-0.2, 0) is 33.2 Å². The zero-order chi connectivity index (χ0) is 24.5. The Hall–Kier alpha value is 0.360. The van der Waals surface area contributed by atoms with Gasteiger partial charge < -0.3 is 35.0 Å². The summed E-state index contributed by atoms with van der Waals surface area (Å²) in [5.74, 6) is -0.761. The van der Waals surface area contributed by atoms with Crippen LogP contribution < -0.4 is 18.9 Å². The minimum Gasteiger partial charge on any atom is -1.00 e. The molecule has 5 aliphatic rings. The largest absolute Gasteiger partial charge is 1.00 e. The molecule has 0 bridgehead atoms. The first-order valence-corrected chi connectivity index (χ1v) is 13.2. The molecule has 36 heavy (non-hydrogen) atoms. The molecule has 2 saturated carbocycles. The maximum Gasteiger partial charge on any atom is 1.00 e. The van der Waals surface area contributed by atoms with Gasteiger partial charge in [0.05, 0.1) is 38.4 Å². The third-order valence-electron chi connectivity index (χ3n) is 7.94. The van der Waals surface area contributed by atoms with Crippen LogP contribution in [0.3, 0.4) is 0 Å². The van der Waals surface area contributed by atoms with E-state index < -0.39 is 5.79 Å². The minimum atomic E-state index is -0.397. The van der Waals surface area contributed by atoms with Gasteiger partial charge in [0.15, 0.2) is 28.9 Å². The van der Waals surface area contributed by atoms with Crippen LogP contribution in [0.1, 0.15) is 86.4 Å². The Balaban J connectivity index is 0.000000558. The van der Waals surface area contributed by atoms with Crippen molar-refractivity contribution >= 4 is 23.3 Å². The maximum absolute atomic E-state index is 11.8. The van der Waals surface area contributed by atoms with E-state index in [1.165, 1.54) is 12.8 Å². The molecule has 0 radical (unpaired) electrons. The number of ether oxygens (including phenoxy) is 6. The van der Waals surface area contributed by atoms with Crippen LogP contribution in [-0.4, -0.2) is 92.9 Å². The van der Waals surface area contributed by atoms with Gasteiger partial charge in [-0.15, -0.1) is 0 Å². The van der Waals surface area contributed by atoms with Gasteiger partial charge in [-0.25, -0.2) is 0 Å². The van der Waals surface area contributed by atoms with Crippen molar-refractivity contribution in [3.63, 3.8) is 0 Å². The van der Waals surface area contributed by atoms with Gasteiger partial charge in [-0.05, 0) is 57.8 Å². The first-order valence-electron chi connectivity index (χ1n) is 13.2. The monoisotopic (exact) mass is 524 g/mol. The number of aliphatic hydroxyl groups is 1. The third-order valence-corrected chi connectivity index (χ3v) is 7.94. The van der Waals surface area contributed by atoms with E-state index >= 15 is 0 Å². The van der Waals surface area contributed by atoms with Gasteiger partial charge in [-0.2, -0.15) is 0 Å². The summed E-state index contributed by atoms with van der Waals surface area (Å²) >= 11 is 0. The van der Waals surface area contributed by atoms with E-state index in [0.717, 1.165) is 77.8 Å². The number of hydrogen-bond donors (Lipinski definition) is 1. The van der Waals surface area contributed by atoms with Crippen molar-refractivity contribution in [3.8, 4) is 0 Å². The minimum absolute atomic E-state index is 0. The van der Waals surface area contributed by atoms with Crippen molar-refractivity contribution in [2.24, 2.45) is 10.8 Å². The van der Waals surface area contributed by atoms with Gasteiger partial charge in [0.25, 0.3) is 0 Å². The summed E-state index contributed by atoms with van der Waals surface area (Å²) in [6, 6.07) is 0. The van der Waals surface area contributed by atoms with Gasteiger partial charge in [0, 0.05) is 45.5 Å². The SMILES string of the molecule is C1CCOC1.CC1(CO)CCC2(CC1)OCCO2.CCOC(=O)C1(C)CCC2(CC1)OCCO2.[AlH3].[H-].[Li+]. The summed E-state index contributed by atoms with van der Waals surface area (Å²) in [5.41, 5.74) is -0.253. The van der Waals surface area contributed by atoms with E-state index in [9.17, 15) is 9.90 Å². The summed E-state index contributed by atoms with van der Waals surface area (Å²) in [6.45, 7) is 11.5. The van der Waals surface area contributed by atoms with Gasteiger partial charge in [0.2, 0.25) is 0 Å². The average Bonchev–Trinajstić information content (AvgIpc) is 3.64. The summed E-state index contributed by atoms with van der Waals surface area (Å²) in [7, 11) is 0. The molecule has 0 aromatic carbocycles. The fourth-order valence-corrected chi connectivity index (χ4v) is 5.17. The van der Waals surface area contributed by atoms with E-state index in [1.807, 2.05) is 13.8 Å². The van der Waals surface area contributed by atoms with E-state index in [4.69, 9.17) is 28.4 Å². The maximum atomic E-state index is 11.8. The second-order valence-corrected chi connectivity index (χ2v) is 10.8. The smallest absolute Gasteiger partial charge is 1.00 e. The molecule has 1 N–H and O–H groups in total. The number of rotatable bonds is 3. The van der Waals surface area contributed by atoms with E-state index in [1.54, 1.807) is 0 Å². The first kappa shape index (κ1) is 34.4. The number of aliphatic hydroxyl groups excluding tert-OH is 1. The number of carbonyl (C=O) groups is 1. The van der Waals surface area contributed by atoms with Crippen molar-refractivity contribution in [2.45, 2.75) is 96.6 Å². The molecular formula is C26H50AlLiO8. The summed E-state index contributed by atoms with van der Waals surface area (Å²) in [4.78, 5) is 11.8. The van der Waals surface area contributed by atoms with Crippen LogP contribution in [0.2, 0.25) is 0 Å². The van der Waals surface area contributed by atoms with Crippen molar-refractivity contribution in [1.29, 1.82) is 0 Å². The Morgan fingerprint density at radius 1 is 0.778 bits per heavy atom. The second kappa shape index (κ2) is 15.8. The molecule has 5 rings (SSSR count). The first-order chi connectivity index (χ1) is 16.3. The Morgan fingerprint density at radius 2 is 1.19 bits per heavy atom. The predicted molar refractivity (Wildman–Crippen MR) is 137 cm³/mol. The van der Waals surface area contributed by atoms with Gasteiger partial charge in [0.1, 0.15) is 0 Å². The molecule has 0 aromatic heterocycles. The van der Waals surface area contributed by atoms with Gasteiger partial charge in [-0.3, -0.25) is 4.79 Å². The van der Waals surface area contributed by atoms with E-state index in [2.05, 4.69) is 6.92 Å². The predicted octanol–water partition coefficient (Wildman–Crippen LogP) is -0.0956. The van der Waals surface area contributed by atoms with E-state index in [-0.39, 0.29) is 66.8 Å². The van der Waals surface area contributed by atoms with Gasteiger partial charge >= 0.3 is 24.8 Å². The second-order valence-electron chi connectivity index (χ2n) is 10.8. The Bertz CT molecular complexity index is 612. The zero-order valence-electron chi connectivity index (χ0n) is 23.5. The molecule has 206 valence electrons. The van der Waals surface area contributed by atoms with Crippen LogP contribution >= 0.6 is 0 Å². The molecule has 10 heteroatoms. The van der Waals surface area contributed by atoms with Crippen LogP contribution in [0.4, 0.5) is 0 Å². The quantitative estimate of drug-likeness (QED) is 0.405. The summed E-state index contributed by atoms with van der Waals surface area (Å²) < 4.78 is 32.6. The molecular weight excluding hydrogens is 474 g/mol. The molecule has 2 aliphatic carbocycles. The molecule has 3 saturated heterocycles. The van der Waals surface area contributed by atoms with Crippen molar-refractivity contribution in [3.05, 3.63) is 0 Å². The fraction of sp³-hybridized carbons (Fsp3) is 0.962. The molecule has 0 aromatic rings. The molecule has 5 fully saturated rings. The number of hydrogen-bond acceptors (Lipinski definition) is 8. The molecule has 2 spiro atoms. The van der Waals surface area contributed by atoms with Crippen molar-refractivity contribution in [1.82, 2.24) is 0 Å². The third kappa shape index (κ3) is 9.53. The summed E-state index contributed by atoms with van der Waals surface area (Å²) in [5, 5.41) is 9.20. The molecule has 0 atom stereocenters. The van der Waals surface area contributed by atoms with Crippen LogP contribution in [0, 0.1) is 10.8 Å². The Morgan fingerprint density at radius 3 is 1.53 bits per heavy atom. The normalized spacial score (nSPS) is 29.1. The Kier molecular flexibility index (Phi) is 15.1.